The number of carbonyl (C=O) groups is 1. The third-order valence-electron chi connectivity index (χ3n) is 4.10. The number of halogens is 1. The van der Waals surface area contributed by atoms with Crippen molar-refractivity contribution < 1.29 is 4.79 Å². The predicted octanol–water partition coefficient (Wildman–Crippen LogP) is 3.72. The molecule has 0 fully saturated rings. The Bertz CT molecular complexity index is 643. The summed E-state index contributed by atoms with van der Waals surface area (Å²) in [6.45, 7) is 3.69. The van der Waals surface area contributed by atoms with Gasteiger partial charge in [0.15, 0.2) is 0 Å². The molecule has 122 valence electrons. The quantitative estimate of drug-likeness (QED) is 0.848. The van der Waals surface area contributed by atoms with Crippen LogP contribution >= 0.6 is 11.6 Å². The summed E-state index contributed by atoms with van der Waals surface area (Å²) in [5.41, 5.74) is 7.91. The van der Waals surface area contributed by atoms with Gasteiger partial charge in [-0.25, -0.2) is 0 Å². The maximum absolute atomic E-state index is 12.4. The Balaban J connectivity index is 2.23. The lowest BCUT2D eigenvalue weighted by molar-refractivity contribution is -0.125. The average molecular weight is 331 g/mol. The molecule has 3 N–H and O–H groups in total. The molecule has 1 amide bonds. The largest absolute Gasteiger partial charge is 0.349 e. The average Bonchev–Trinajstić information content (AvgIpc) is 2.56. The summed E-state index contributed by atoms with van der Waals surface area (Å²) in [5, 5.41) is 3.82. The predicted molar refractivity (Wildman–Crippen MR) is 95.3 cm³/mol. The van der Waals surface area contributed by atoms with Crippen LogP contribution in [0.2, 0.25) is 5.02 Å². The Morgan fingerprint density at radius 1 is 1.09 bits per heavy atom. The summed E-state index contributed by atoms with van der Waals surface area (Å²) in [6, 6.07) is 17.3. The molecule has 0 spiro atoms. The number of rotatable bonds is 6. The third-order valence-corrected chi connectivity index (χ3v) is 4.47. The first-order valence-corrected chi connectivity index (χ1v) is 8.21. The molecule has 3 atom stereocenters. The third kappa shape index (κ3) is 4.81. The maximum atomic E-state index is 12.4. The van der Waals surface area contributed by atoms with Crippen molar-refractivity contribution in [1.82, 2.24) is 5.32 Å². The molecule has 0 heterocycles. The number of hydrogen-bond acceptors (Lipinski definition) is 2. The number of nitrogens with one attached hydrogen (secondary N) is 1. The lowest BCUT2D eigenvalue weighted by atomic mass is 9.97. The Kier molecular flexibility index (Phi) is 6.20. The van der Waals surface area contributed by atoms with Gasteiger partial charge in [-0.05, 0) is 30.5 Å². The van der Waals surface area contributed by atoms with Crippen molar-refractivity contribution >= 4 is 17.5 Å². The molecule has 2 aromatic carbocycles. The van der Waals surface area contributed by atoms with Crippen molar-refractivity contribution in [2.75, 3.05) is 0 Å². The van der Waals surface area contributed by atoms with Gasteiger partial charge in [0.2, 0.25) is 5.91 Å². The van der Waals surface area contributed by atoms with E-state index in [1.54, 1.807) is 0 Å². The van der Waals surface area contributed by atoms with E-state index in [1.807, 2.05) is 68.4 Å². The van der Waals surface area contributed by atoms with Gasteiger partial charge in [-0.2, -0.15) is 0 Å². The van der Waals surface area contributed by atoms with Crippen LogP contribution in [0.3, 0.4) is 0 Å². The number of hydrogen-bond donors (Lipinski definition) is 2. The normalized spacial score (nSPS) is 14.8. The van der Waals surface area contributed by atoms with Gasteiger partial charge in [0.05, 0.1) is 6.04 Å². The summed E-state index contributed by atoms with van der Waals surface area (Å²) in [7, 11) is 0. The molecule has 0 radical (unpaired) electrons. The molecular weight excluding hydrogens is 308 g/mol. The standard InChI is InChI=1S/C19H23ClN2O/c1-13(14(2)21)19(23)22-18(15-8-4-3-5-9-15)12-16-10-6-7-11-17(16)20/h3-11,13-14,18H,12,21H2,1-2H3,(H,22,23). The Morgan fingerprint density at radius 2 is 1.70 bits per heavy atom. The van der Waals surface area contributed by atoms with Crippen LogP contribution in [0.4, 0.5) is 0 Å². The summed E-state index contributed by atoms with van der Waals surface area (Å²) < 4.78 is 0. The highest BCUT2D eigenvalue weighted by atomic mass is 35.5. The molecule has 0 aliphatic rings. The van der Waals surface area contributed by atoms with Crippen LogP contribution in [0.1, 0.15) is 31.0 Å². The van der Waals surface area contributed by atoms with Crippen LogP contribution in [-0.2, 0) is 11.2 Å². The molecular formula is C19H23ClN2O. The Labute approximate surface area is 142 Å². The van der Waals surface area contributed by atoms with E-state index in [-0.39, 0.29) is 23.9 Å². The molecule has 3 unspecified atom stereocenters. The van der Waals surface area contributed by atoms with Gasteiger partial charge in [-0.1, -0.05) is 67.1 Å². The van der Waals surface area contributed by atoms with Crippen LogP contribution < -0.4 is 11.1 Å². The molecule has 0 aliphatic carbocycles. The summed E-state index contributed by atoms with van der Waals surface area (Å²) in [6.07, 6.45) is 0.640. The van der Waals surface area contributed by atoms with Gasteiger partial charge in [0.25, 0.3) is 0 Å². The van der Waals surface area contributed by atoms with Crippen molar-refractivity contribution in [1.29, 1.82) is 0 Å². The Hall–Kier alpha value is -1.84. The number of nitrogens with two attached hydrogens (primary N) is 1. The molecule has 0 aliphatic heterocycles. The van der Waals surface area contributed by atoms with Crippen LogP contribution in [-0.4, -0.2) is 11.9 Å². The summed E-state index contributed by atoms with van der Waals surface area (Å²) >= 11 is 6.27. The van der Waals surface area contributed by atoms with E-state index in [9.17, 15) is 4.79 Å². The molecule has 0 saturated heterocycles. The van der Waals surface area contributed by atoms with Crippen molar-refractivity contribution in [3.8, 4) is 0 Å². The number of amides is 1. The Morgan fingerprint density at radius 3 is 2.30 bits per heavy atom. The van der Waals surface area contributed by atoms with E-state index < -0.39 is 0 Å². The first kappa shape index (κ1) is 17.5. The van der Waals surface area contributed by atoms with Crippen LogP contribution in [0.15, 0.2) is 54.6 Å². The van der Waals surface area contributed by atoms with Crippen LogP contribution in [0, 0.1) is 5.92 Å². The summed E-state index contributed by atoms with van der Waals surface area (Å²) in [5.74, 6) is -0.284. The molecule has 0 saturated carbocycles. The molecule has 23 heavy (non-hydrogen) atoms. The molecule has 0 bridgehead atoms. The van der Waals surface area contributed by atoms with E-state index >= 15 is 0 Å². The van der Waals surface area contributed by atoms with E-state index in [1.165, 1.54) is 0 Å². The second-order valence-corrected chi connectivity index (χ2v) is 6.32. The molecule has 3 nitrogen and oxygen atoms in total. The van der Waals surface area contributed by atoms with E-state index in [0.29, 0.717) is 11.4 Å². The number of carbonyl (C=O) groups excluding carboxylic acids is 1. The smallest absolute Gasteiger partial charge is 0.224 e. The first-order chi connectivity index (χ1) is 11.0. The zero-order valence-electron chi connectivity index (χ0n) is 13.5. The lowest BCUT2D eigenvalue weighted by Gasteiger charge is -2.23. The topological polar surface area (TPSA) is 55.1 Å². The van der Waals surface area contributed by atoms with E-state index in [2.05, 4.69) is 5.32 Å². The van der Waals surface area contributed by atoms with Crippen molar-refractivity contribution in [3.63, 3.8) is 0 Å². The monoisotopic (exact) mass is 330 g/mol. The maximum Gasteiger partial charge on any atom is 0.224 e. The highest BCUT2D eigenvalue weighted by molar-refractivity contribution is 6.31. The minimum absolute atomic E-state index is 0.0408. The van der Waals surface area contributed by atoms with Gasteiger partial charge < -0.3 is 11.1 Å². The van der Waals surface area contributed by atoms with Crippen LogP contribution in [0.25, 0.3) is 0 Å². The highest BCUT2D eigenvalue weighted by Crippen LogP contribution is 2.24. The highest BCUT2D eigenvalue weighted by Gasteiger charge is 2.22. The second-order valence-electron chi connectivity index (χ2n) is 5.92. The molecule has 0 aromatic heterocycles. The fourth-order valence-corrected chi connectivity index (χ4v) is 2.58. The van der Waals surface area contributed by atoms with Crippen molar-refractivity contribution in [2.24, 2.45) is 11.7 Å². The minimum Gasteiger partial charge on any atom is -0.349 e. The zero-order valence-corrected chi connectivity index (χ0v) is 14.3. The number of benzene rings is 2. The van der Waals surface area contributed by atoms with Gasteiger partial charge in [-0.3, -0.25) is 4.79 Å². The van der Waals surface area contributed by atoms with Gasteiger partial charge in [0.1, 0.15) is 0 Å². The van der Waals surface area contributed by atoms with E-state index in [0.717, 1.165) is 11.1 Å². The van der Waals surface area contributed by atoms with E-state index in [4.69, 9.17) is 17.3 Å². The van der Waals surface area contributed by atoms with Gasteiger partial charge >= 0.3 is 0 Å². The molecule has 2 rings (SSSR count). The van der Waals surface area contributed by atoms with Gasteiger partial charge in [0, 0.05) is 17.0 Å². The molecule has 2 aromatic rings. The van der Waals surface area contributed by atoms with Crippen LogP contribution in [0.5, 0.6) is 0 Å². The zero-order chi connectivity index (χ0) is 16.8. The lowest BCUT2D eigenvalue weighted by Crippen LogP contribution is -2.40. The second kappa shape index (κ2) is 8.14. The molecule has 4 heteroatoms. The van der Waals surface area contributed by atoms with Gasteiger partial charge in [-0.15, -0.1) is 0 Å². The van der Waals surface area contributed by atoms with Crippen molar-refractivity contribution in [2.45, 2.75) is 32.4 Å². The first-order valence-electron chi connectivity index (χ1n) is 7.83. The summed E-state index contributed by atoms with van der Waals surface area (Å²) in [4.78, 5) is 12.4. The fraction of sp³-hybridized carbons (Fsp3) is 0.316. The minimum atomic E-state index is -0.243. The SMILES string of the molecule is CC(N)C(C)C(=O)NC(Cc1ccccc1Cl)c1ccccc1. The fourth-order valence-electron chi connectivity index (χ4n) is 2.36. The van der Waals surface area contributed by atoms with Crippen molar-refractivity contribution in [3.05, 3.63) is 70.7 Å².